The SMILES string of the molecule is COc1c(OC(C)=O)c(C)c(C/C=C(\C)CC/C=C(\C)CC/C=C(\C)CC/C=C(\C)CC/C=C(\C)CC/C=C(/C)CC/C=C(\C)CC/C=C(\C)CC/C=C(\C)CCC=C(C)C)c(OC(C)=O)c1OC. The normalized spacial score (nSPS) is 13.8. The lowest BCUT2D eigenvalue weighted by Gasteiger charge is -2.21. The highest BCUT2D eigenvalue weighted by atomic mass is 16.6. The molecule has 6 heteroatoms. The lowest BCUT2D eigenvalue weighted by molar-refractivity contribution is -0.133. The summed E-state index contributed by atoms with van der Waals surface area (Å²) in [5.74, 6) is 0.00860. The zero-order valence-corrected chi connectivity index (χ0v) is 46.7. The zero-order chi connectivity index (χ0) is 51.7. The van der Waals surface area contributed by atoms with Gasteiger partial charge in [0.1, 0.15) is 0 Å². The van der Waals surface area contributed by atoms with Crippen molar-refractivity contribution < 1.29 is 28.5 Å². The summed E-state index contributed by atoms with van der Waals surface area (Å²) in [6, 6.07) is 0. The first-order valence-corrected chi connectivity index (χ1v) is 26.0. The standard InChI is InChI=1S/C63H96O6/c1-46(2)26-17-27-47(3)28-18-29-48(4)30-19-31-49(5)32-20-33-50(6)34-21-35-51(7)36-22-37-52(8)38-23-39-53(9)40-24-41-54(10)42-25-43-55(11)44-45-59-56(12)60(68-57(13)64)62(66-15)63(67-16)61(59)69-58(14)65/h26,28,30,32,34,36,38,40,42,44H,17-25,27,29,31,33,35,37,39,41,43,45H2,1-16H3/b47-28+,48-30+,49-32+,50-34-,51-36+,52-38+,53-40+,54-42+,55-44+. The van der Waals surface area contributed by atoms with Gasteiger partial charge in [-0.05, 0) is 205 Å². The van der Waals surface area contributed by atoms with E-state index < -0.39 is 11.9 Å². The number of rotatable bonds is 33. The van der Waals surface area contributed by atoms with Crippen molar-refractivity contribution in [3.05, 3.63) is 128 Å². The summed E-state index contributed by atoms with van der Waals surface area (Å²) in [6.07, 6.45) is 44.3. The maximum Gasteiger partial charge on any atom is 0.308 e. The number of carbonyl (C=O) groups is 2. The molecule has 0 aliphatic heterocycles. The summed E-state index contributed by atoms with van der Waals surface area (Å²) >= 11 is 0. The average Bonchev–Trinajstić information content (AvgIpc) is 3.26. The third kappa shape index (κ3) is 29.1. The Hall–Kier alpha value is -4.84. The molecular weight excluding hydrogens is 853 g/mol. The molecule has 0 atom stereocenters. The minimum atomic E-state index is -0.480. The highest BCUT2D eigenvalue weighted by molar-refractivity contribution is 5.78. The van der Waals surface area contributed by atoms with Gasteiger partial charge in [-0.3, -0.25) is 9.59 Å². The largest absolute Gasteiger partial charge is 0.490 e. The van der Waals surface area contributed by atoms with Crippen molar-refractivity contribution in [1.29, 1.82) is 0 Å². The van der Waals surface area contributed by atoms with Crippen LogP contribution in [0, 0.1) is 6.92 Å². The summed E-state index contributed by atoms with van der Waals surface area (Å²) in [5, 5.41) is 0. The summed E-state index contributed by atoms with van der Waals surface area (Å²) in [5.41, 5.74) is 15.9. The second-order valence-corrected chi connectivity index (χ2v) is 19.8. The van der Waals surface area contributed by atoms with Gasteiger partial charge in [0.05, 0.1) is 14.2 Å². The van der Waals surface area contributed by atoms with Crippen LogP contribution in [0.3, 0.4) is 0 Å². The van der Waals surface area contributed by atoms with Crippen LogP contribution >= 0.6 is 0 Å². The number of hydrogen-bond acceptors (Lipinski definition) is 6. The minimum absolute atomic E-state index is 0.211. The summed E-state index contributed by atoms with van der Waals surface area (Å²) in [6.45, 7) is 29.2. The molecule has 1 rings (SSSR count). The van der Waals surface area contributed by atoms with Crippen molar-refractivity contribution >= 4 is 11.9 Å². The molecular formula is C63H96O6. The van der Waals surface area contributed by atoms with E-state index in [0.29, 0.717) is 17.5 Å². The van der Waals surface area contributed by atoms with Crippen molar-refractivity contribution in [1.82, 2.24) is 0 Å². The van der Waals surface area contributed by atoms with E-state index in [1.165, 1.54) is 96.6 Å². The molecule has 0 amide bonds. The van der Waals surface area contributed by atoms with Crippen LogP contribution in [0.5, 0.6) is 23.0 Å². The predicted octanol–water partition coefficient (Wildman–Crippen LogP) is 18.9. The van der Waals surface area contributed by atoms with Crippen LogP contribution in [0.15, 0.2) is 116 Å². The van der Waals surface area contributed by atoms with Gasteiger partial charge in [-0.1, -0.05) is 116 Å². The topological polar surface area (TPSA) is 71.1 Å². The lowest BCUT2D eigenvalue weighted by Crippen LogP contribution is -2.11. The fourth-order valence-corrected chi connectivity index (χ4v) is 8.11. The molecule has 1 aromatic carbocycles. The lowest BCUT2D eigenvalue weighted by atomic mass is 9.99. The number of hydrogen-bond donors (Lipinski definition) is 0. The summed E-state index contributed by atoms with van der Waals surface area (Å²) in [7, 11) is 2.92. The van der Waals surface area contributed by atoms with Crippen LogP contribution < -0.4 is 18.9 Å². The average molecular weight is 949 g/mol. The van der Waals surface area contributed by atoms with Crippen molar-refractivity contribution in [3.63, 3.8) is 0 Å². The van der Waals surface area contributed by atoms with Gasteiger partial charge in [-0.15, -0.1) is 0 Å². The maximum absolute atomic E-state index is 12.1. The molecule has 0 spiro atoms. The number of allylic oxidation sites excluding steroid dienone is 20. The maximum atomic E-state index is 12.1. The van der Waals surface area contributed by atoms with Gasteiger partial charge >= 0.3 is 11.9 Å². The van der Waals surface area contributed by atoms with E-state index in [2.05, 4.69) is 137 Å². The quantitative estimate of drug-likeness (QED) is 0.0397. The number of carbonyl (C=O) groups excluding carboxylic acids is 2. The predicted molar refractivity (Wildman–Crippen MR) is 297 cm³/mol. The molecule has 0 aliphatic rings. The highest BCUT2D eigenvalue weighted by Gasteiger charge is 2.27. The third-order valence-electron chi connectivity index (χ3n) is 12.6. The monoisotopic (exact) mass is 949 g/mol. The van der Waals surface area contributed by atoms with Crippen LogP contribution in [0.1, 0.15) is 217 Å². The smallest absolute Gasteiger partial charge is 0.308 e. The molecule has 0 heterocycles. The van der Waals surface area contributed by atoms with Gasteiger partial charge in [0.15, 0.2) is 11.5 Å². The van der Waals surface area contributed by atoms with Crippen molar-refractivity contribution in [2.45, 2.75) is 219 Å². The van der Waals surface area contributed by atoms with Crippen molar-refractivity contribution in [2.75, 3.05) is 14.2 Å². The number of methoxy groups -OCH3 is 2. The molecule has 0 N–H and O–H groups in total. The van der Waals surface area contributed by atoms with E-state index in [1.54, 1.807) is 0 Å². The highest BCUT2D eigenvalue weighted by Crippen LogP contribution is 2.50. The van der Waals surface area contributed by atoms with E-state index in [-0.39, 0.29) is 23.0 Å². The number of benzene rings is 1. The Morgan fingerprint density at radius 3 is 0.812 bits per heavy atom. The molecule has 0 aliphatic carbocycles. The van der Waals surface area contributed by atoms with Crippen molar-refractivity contribution in [2.24, 2.45) is 0 Å². The molecule has 0 unspecified atom stereocenters. The first-order chi connectivity index (χ1) is 32.8. The van der Waals surface area contributed by atoms with Gasteiger partial charge < -0.3 is 18.9 Å². The molecule has 1 aromatic rings. The van der Waals surface area contributed by atoms with Crippen LogP contribution in [0.25, 0.3) is 0 Å². The first-order valence-electron chi connectivity index (χ1n) is 26.0. The zero-order valence-electron chi connectivity index (χ0n) is 46.7. The first kappa shape index (κ1) is 62.2. The Kier molecular flexibility index (Phi) is 32.6. The summed E-state index contributed by atoms with van der Waals surface area (Å²) < 4.78 is 22.3. The molecule has 69 heavy (non-hydrogen) atoms. The molecule has 384 valence electrons. The Morgan fingerprint density at radius 2 is 0.565 bits per heavy atom. The van der Waals surface area contributed by atoms with E-state index in [9.17, 15) is 9.59 Å². The van der Waals surface area contributed by atoms with Gasteiger partial charge in [0.2, 0.25) is 11.5 Å². The third-order valence-corrected chi connectivity index (χ3v) is 12.6. The second kappa shape index (κ2) is 36.2. The van der Waals surface area contributed by atoms with E-state index in [0.717, 1.165) is 103 Å². The van der Waals surface area contributed by atoms with Crippen molar-refractivity contribution in [3.8, 4) is 23.0 Å². The Balaban J connectivity index is 2.45. The minimum Gasteiger partial charge on any atom is -0.490 e. The fraction of sp³-hybridized carbons (Fsp3) is 0.556. The van der Waals surface area contributed by atoms with E-state index in [4.69, 9.17) is 18.9 Å². The van der Waals surface area contributed by atoms with Crippen LogP contribution in [0.4, 0.5) is 0 Å². The van der Waals surface area contributed by atoms with Crippen LogP contribution in [-0.2, 0) is 16.0 Å². The molecule has 0 saturated carbocycles. The number of ether oxygens (including phenoxy) is 4. The Morgan fingerprint density at radius 1 is 0.333 bits per heavy atom. The summed E-state index contributed by atoms with van der Waals surface area (Å²) in [4.78, 5) is 24.0. The molecule has 6 nitrogen and oxygen atoms in total. The fourth-order valence-electron chi connectivity index (χ4n) is 8.11. The van der Waals surface area contributed by atoms with Gasteiger partial charge in [-0.2, -0.15) is 0 Å². The van der Waals surface area contributed by atoms with Gasteiger partial charge in [-0.25, -0.2) is 0 Å². The molecule has 0 bridgehead atoms. The number of esters is 2. The Labute approximate surface area is 422 Å². The van der Waals surface area contributed by atoms with Gasteiger partial charge in [0, 0.05) is 25.0 Å². The molecule has 0 aromatic heterocycles. The van der Waals surface area contributed by atoms with Crippen LogP contribution in [-0.4, -0.2) is 26.2 Å². The van der Waals surface area contributed by atoms with Gasteiger partial charge in [0.25, 0.3) is 0 Å². The van der Waals surface area contributed by atoms with E-state index in [1.807, 2.05) is 6.92 Å². The Bertz CT molecular complexity index is 2080. The molecule has 0 radical (unpaired) electrons. The van der Waals surface area contributed by atoms with E-state index >= 15 is 0 Å². The van der Waals surface area contributed by atoms with Crippen LogP contribution in [0.2, 0.25) is 0 Å². The molecule has 0 fully saturated rings. The second-order valence-electron chi connectivity index (χ2n) is 19.8. The molecule has 0 saturated heterocycles.